The Hall–Kier alpha value is -1.22. The molecule has 0 bridgehead atoms. The summed E-state index contributed by atoms with van der Waals surface area (Å²) in [6, 6.07) is 6.63. The van der Waals surface area contributed by atoms with Gasteiger partial charge >= 0.3 is 0 Å². The maximum Gasteiger partial charge on any atom is 0.263 e. The first-order chi connectivity index (χ1) is 7.13. The average molecular weight is 211 g/mol. The van der Waals surface area contributed by atoms with E-state index in [-0.39, 0.29) is 11.6 Å². The first-order valence-electron chi connectivity index (χ1n) is 4.87. The van der Waals surface area contributed by atoms with Crippen LogP contribution in [0.2, 0.25) is 0 Å². The molecule has 15 heavy (non-hydrogen) atoms. The van der Waals surface area contributed by atoms with E-state index in [0.717, 1.165) is 5.56 Å². The molecule has 1 nitrogen and oxygen atoms in total. The lowest BCUT2D eigenvalue weighted by Gasteiger charge is -2.03. The number of benzene rings is 1. The maximum atomic E-state index is 12.4. The number of hydrogen-bond acceptors (Lipinski definition) is 1. The number of hydrogen-bond donors (Lipinski definition) is 1. The van der Waals surface area contributed by atoms with Gasteiger partial charge in [0.2, 0.25) is 0 Å². The van der Waals surface area contributed by atoms with Gasteiger partial charge in [-0.15, -0.1) is 0 Å². The van der Waals surface area contributed by atoms with Crippen LogP contribution >= 0.6 is 0 Å². The van der Waals surface area contributed by atoms with Crippen LogP contribution in [-0.2, 0) is 0 Å². The second-order valence-electron chi connectivity index (χ2n) is 3.41. The van der Waals surface area contributed by atoms with Gasteiger partial charge in [0.05, 0.1) is 0 Å². The molecule has 0 aliphatic carbocycles. The Morgan fingerprint density at radius 1 is 1.33 bits per heavy atom. The standard InChI is InChI=1S/C12H15F2N/c1-9(15-2)6-7-10-4-3-5-11(8-10)12(13)14/h3-9,12,15H,1-2H3/b7-6+. The second-order valence-corrected chi connectivity index (χ2v) is 3.41. The van der Waals surface area contributed by atoms with Crippen molar-refractivity contribution < 1.29 is 8.78 Å². The SMILES string of the molecule is CNC(C)/C=C/c1cccc(C(F)F)c1. The largest absolute Gasteiger partial charge is 0.314 e. The molecule has 1 aromatic carbocycles. The molecule has 0 spiro atoms. The highest BCUT2D eigenvalue weighted by Crippen LogP contribution is 2.19. The molecule has 1 unspecified atom stereocenters. The summed E-state index contributed by atoms with van der Waals surface area (Å²) in [6.07, 6.45) is 1.37. The number of rotatable bonds is 4. The Balaban J connectivity index is 2.78. The van der Waals surface area contributed by atoms with Crippen molar-refractivity contribution in [3.8, 4) is 0 Å². The van der Waals surface area contributed by atoms with Gasteiger partial charge in [-0.2, -0.15) is 0 Å². The van der Waals surface area contributed by atoms with Crippen LogP contribution in [0, 0.1) is 0 Å². The minimum Gasteiger partial charge on any atom is -0.314 e. The summed E-state index contributed by atoms with van der Waals surface area (Å²) in [6.45, 7) is 1.99. The van der Waals surface area contributed by atoms with Crippen molar-refractivity contribution in [2.45, 2.75) is 19.4 Å². The fourth-order valence-corrected chi connectivity index (χ4v) is 1.15. The third-order valence-corrected chi connectivity index (χ3v) is 2.20. The maximum absolute atomic E-state index is 12.4. The van der Waals surface area contributed by atoms with Crippen molar-refractivity contribution in [2.24, 2.45) is 0 Å². The van der Waals surface area contributed by atoms with Gasteiger partial charge in [0.25, 0.3) is 6.43 Å². The van der Waals surface area contributed by atoms with Crippen molar-refractivity contribution in [3.63, 3.8) is 0 Å². The summed E-state index contributed by atoms with van der Waals surface area (Å²) >= 11 is 0. The van der Waals surface area contributed by atoms with E-state index in [1.807, 2.05) is 32.2 Å². The molecule has 0 saturated carbocycles. The molecule has 3 heteroatoms. The van der Waals surface area contributed by atoms with Gasteiger partial charge in [0, 0.05) is 11.6 Å². The van der Waals surface area contributed by atoms with Gasteiger partial charge < -0.3 is 5.32 Å². The Labute approximate surface area is 88.8 Å². The minimum atomic E-state index is -2.40. The molecule has 0 saturated heterocycles. The molecule has 1 aromatic rings. The molecule has 0 aliphatic heterocycles. The van der Waals surface area contributed by atoms with Crippen LogP contribution in [0.15, 0.2) is 30.3 Å². The van der Waals surface area contributed by atoms with Crippen molar-refractivity contribution in [1.82, 2.24) is 5.32 Å². The second kappa shape index (κ2) is 5.61. The van der Waals surface area contributed by atoms with Crippen molar-refractivity contribution in [3.05, 3.63) is 41.5 Å². The lowest BCUT2D eigenvalue weighted by molar-refractivity contribution is 0.151. The van der Waals surface area contributed by atoms with Crippen LogP contribution in [0.1, 0.15) is 24.5 Å². The van der Waals surface area contributed by atoms with E-state index in [1.54, 1.807) is 6.07 Å². The molecular weight excluding hydrogens is 196 g/mol. The normalized spacial score (nSPS) is 13.7. The minimum absolute atomic E-state index is 0.0641. The Morgan fingerprint density at radius 3 is 2.67 bits per heavy atom. The lowest BCUT2D eigenvalue weighted by atomic mass is 10.1. The third kappa shape index (κ3) is 3.80. The van der Waals surface area contributed by atoms with E-state index >= 15 is 0 Å². The van der Waals surface area contributed by atoms with E-state index in [0.29, 0.717) is 0 Å². The fraction of sp³-hybridized carbons (Fsp3) is 0.333. The third-order valence-electron chi connectivity index (χ3n) is 2.20. The van der Waals surface area contributed by atoms with Gasteiger partial charge in [-0.1, -0.05) is 30.4 Å². The van der Waals surface area contributed by atoms with Crippen molar-refractivity contribution in [1.29, 1.82) is 0 Å². The quantitative estimate of drug-likeness (QED) is 0.806. The molecule has 1 atom stereocenters. The first-order valence-corrected chi connectivity index (χ1v) is 4.87. The van der Waals surface area contributed by atoms with E-state index in [1.165, 1.54) is 12.1 Å². The monoisotopic (exact) mass is 211 g/mol. The molecule has 1 rings (SSSR count). The zero-order valence-corrected chi connectivity index (χ0v) is 8.87. The Kier molecular flexibility index (Phi) is 4.43. The van der Waals surface area contributed by atoms with Crippen LogP contribution in [0.5, 0.6) is 0 Å². The van der Waals surface area contributed by atoms with Gasteiger partial charge in [0.1, 0.15) is 0 Å². The summed E-state index contributed by atoms with van der Waals surface area (Å²) in [5.74, 6) is 0. The molecule has 0 heterocycles. The molecule has 0 aliphatic rings. The van der Waals surface area contributed by atoms with Gasteiger partial charge in [-0.05, 0) is 25.6 Å². The average Bonchev–Trinajstić information content (AvgIpc) is 2.26. The van der Waals surface area contributed by atoms with Gasteiger partial charge in [-0.25, -0.2) is 8.78 Å². The molecule has 0 aromatic heterocycles. The van der Waals surface area contributed by atoms with E-state index < -0.39 is 6.43 Å². The summed E-state index contributed by atoms with van der Waals surface area (Å²) in [5.41, 5.74) is 0.865. The number of nitrogens with one attached hydrogen (secondary N) is 1. The van der Waals surface area contributed by atoms with Crippen LogP contribution in [0.25, 0.3) is 6.08 Å². The van der Waals surface area contributed by atoms with Gasteiger partial charge in [-0.3, -0.25) is 0 Å². The highest BCUT2D eigenvalue weighted by Gasteiger charge is 2.05. The smallest absolute Gasteiger partial charge is 0.263 e. The zero-order chi connectivity index (χ0) is 11.3. The van der Waals surface area contributed by atoms with E-state index in [4.69, 9.17) is 0 Å². The van der Waals surface area contributed by atoms with Crippen LogP contribution in [0.3, 0.4) is 0 Å². The molecular formula is C12H15F2N. The zero-order valence-electron chi connectivity index (χ0n) is 8.87. The highest BCUT2D eigenvalue weighted by atomic mass is 19.3. The van der Waals surface area contributed by atoms with Crippen LogP contribution < -0.4 is 5.32 Å². The van der Waals surface area contributed by atoms with Crippen LogP contribution in [0.4, 0.5) is 8.78 Å². The summed E-state index contributed by atoms with van der Waals surface area (Å²) in [7, 11) is 1.85. The Morgan fingerprint density at radius 2 is 2.07 bits per heavy atom. The fourth-order valence-electron chi connectivity index (χ4n) is 1.15. The summed E-state index contributed by atoms with van der Waals surface area (Å²) in [5, 5.41) is 3.04. The van der Waals surface area contributed by atoms with E-state index in [2.05, 4.69) is 5.32 Å². The lowest BCUT2D eigenvalue weighted by Crippen LogP contribution is -2.17. The number of halogens is 2. The summed E-state index contributed by atoms with van der Waals surface area (Å²) in [4.78, 5) is 0. The molecule has 0 radical (unpaired) electrons. The van der Waals surface area contributed by atoms with E-state index in [9.17, 15) is 8.78 Å². The molecule has 1 N–H and O–H groups in total. The van der Waals surface area contributed by atoms with Crippen molar-refractivity contribution in [2.75, 3.05) is 7.05 Å². The van der Waals surface area contributed by atoms with Gasteiger partial charge in [0.15, 0.2) is 0 Å². The topological polar surface area (TPSA) is 12.0 Å². The Bertz CT molecular complexity index is 334. The molecule has 0 amide bonds. The molecule has 0 fully saturated rings. The first kappa shape index (κ1) is 11.9. The number of alkyl halides is 2. The number of likely N-dealkylation sites (N-methyl/N-ethyl adjacent to an activating group) is 1. The van der Waals surface area contributed by atoms with Crippen molar-refractivity contribution >= 4 is 6.08 Å². The predicted octanol–water partition coefficient (Wildman–Crippen LogP) is 3.25. The van der Waals surface area contributed by atoms with Crippen LogP contribution in [-0.4, -0.2) is 13.1 Å². The molecule has 82 valence electrons. The highest BCUT2D eigenvalue weighted by molar-refractivity contribution is 5.51. The summed E-state index contributed by atoms with van der Waals surface area (Å²) < 4.78 is 24.8. The predicted molar refractivity (Wildman–Crippen MR) is 59.0 cm³/mol.